The van der Waals surface area contributed by atoms with E-state index in [9.17, 15) is 9.50 Å². The molecule has 2 nitrogen and oxygen atoms in total. The van der Waals surface area contributed by atoms with Crippen molar-refractivity contribution in [2.24, 2.45) is 0 Å². The van der Waals surface area contributed by atoms with Crippen LogP contribution in [0.5, 0.6) is 0 Å². The average molecular weight is 215 g/mol. The van der Waals surface area contributed by atoms with Crippen LogP contribution in [0.25, 0.3) is 0 Å². The van der Waals surface area contributed by atoms with Gasteiger partial charge >= 0.3 is 0 Å². The second-order valence-electron chi connectivity index (χ2n) is 3.33. The van der Waals surface area contributed by atoms with Crippen LogP contribution in [0.3, 0.4) is 0 Å². The summed E-state index contributed by atoms with van der Waals surface area (Å²) >= 11 is 1.64. The number of nitrogens with zero attached hydrogens (tertiary/aromatic N) is 1. The zero-order valence-corrected chi connectivity index (χ0v) is 9.09. The number of halogens is 1. The molecular weight excluding hydrogens is 201 g/mol. The number of hydrogen-bond acceptors (Lipinski definition) is 3. The monoisotopic (exact) mass is 215 g/mol. The summed E-state index contributed by atoms with van der Waals surface area (Å²) in [7, 11) is 0. The molecule has 0 aliphatic heterocycles. The third kappa shape index (κ3) is 3.64. The fraction of sp³-hybridized carbons (Fsp3) is 0.500. The largest absolute Gasteiger partial charge is 0.387 e. The highest BCUT2D eigenvalue weighted by molar-refractivity contribution is 7.99. The van der Waals surface area contributed by atoms with Crippen molar-refractivity contribution in [3.63, 3.8) is 0 Å². The first kappa shape index (κ1) is 11.5. The summed E-state index contributed by atoms with van der Waals surface area (Å²) in [6, 6.07) is 1.32. The standard InChI is InChI=1S/C10H14FNOS/c1-7(2)14-6-10(13)8-3-9(11)5-12-4-8/h3-5,7,10,13H,6H2,1-2H3. The Hall–Kier alpha value is -0.610. The Morgan fingerprint density at radius 2 is 2.21 bits per heavy atom. The highest BCUT2D eigenvalue weighted by Crippen LogP contribution is 2.20. The zero-order chi connectivity index (χ0) is 10.6. The van der Waals surface area contributed by atoms with Gasteiger partial charge in [-0.15, -0.1) is 0 Å². The summed E-state index contributed by atoms with van der Waals surface area (Å²) in [6.07, 6.45) is 1.99. The third-order valence-electron chi connectivity index (χ3n) is 1.70. The first-order valence-electron chi connectivity index (χ1n) is 4.49. The lowest BCUT2D eigenvalue weighted by molar-refractivity contribution is 0.203. The third-order valence-corrected chi connectivity index (χ3v) is 2.87. The molecule has 0 fully saturated rings. The lowest BCUT2D eigenvalue weighted by Gasteiger charge is -2.11. The molecule has 1 atom stereocenters. The predicted octanol–water partition coefficient (Wildman–Crippen LogP) is 2.40. The Kier molecular flexibility index (Phi) is 4.35. The Morgan fingerprint density at radius 3 is 2.79 bits per heavy atom. The number of pyridine rings is 1. The predicted molar refractivity (Wildman–Crippen MR) is 56.7 cm³/mol. The van der Waals surface area contributed by atoms with E-state index < -0.39 is 11.9 Å². The van der Waals surface area contributed by atoms with Crippen LogP contribution in [0.15, 0.2) is 18.5 Å². The van der Waals surface area contributed by atoms with E-state index in [2.05, 4.69) is 18.8 Å². The SMILES string of the molecule is CC(C)SCC(O)c1cncc(F)c1. The number of aromatic nitrogens is 1. The summed E-state index contributed by atoms with van der Waals surface area (Å²) < 4.78 is 12.7. The minimum absolute atomic E-state index is 0.406. The molecule has 1 rings (SSSR count). The first-order valence-corrected chi connectivity index (χ1v) is 5.54. The molecule has 0 saturated carbocycles. The highest BCUT2D eigenvalue weighted by Gasteiger charge is 2.09. The van der Waals surface area contributed by atoms with Crippen molar-refractivity contribution < 1.29 is 9.50 Å². The topological polar surface area (TPSA) is 33.1 Å². The van der Waals surface area contributed by atoms with E-state index in [0.717, 1.165) is 6.20 Å². The Morgan fingerprint density at radius 1 is 1.50 bits per heavy atom. The molecule has 1 aromatic rings. The number of thioether (sulfide) groups is 1. The first-order chi connectivity index (χ1) is 6.59. The van der Waals surface area contributed by atoms with Crippen LogP contribution in [-0.2, 0) is 0 Å². The van der Waals surface area contributed by atoms with Crippen molar-refractivity contribution >= 4 is 11.8 Å². The van der Waals surface area contributed by atoms with Crippen LogP contribution >= 0.6 is 11.8 Å². The maximum atomic E-state index is 12.7. The maximum absolute atomic E-state index is 12.7. The molecule has 1 N–H and O–H groups in total. The van der Waals surface area contributed by atoms with E-state index in [4.69, 9.17) is 0 Å². The van der Waals surface area contributed by atoms with E-state index in [-0.39, 0.29) is 0 Å². The van der Waals surface area contributed by atoms with Gasteiger partial charge in [-0.1, -0.05) is 13.8 Å². The van der Waals surface area contributed by atoms with E-state index in [1.54, 1.807) is 11.8 Å². The fourth-order valence-electron chi connectivity index (χ4n) is 0.990. The molecule has 1 unspecified atom stereocenters. The molecule has 0 saturated heterocycles. The van der Waals surface area contributed by atoms with Gasteiger partial charge in [-0.3, -0.25) is 4.98 Å². The minimum atomic E-state index is -0.634. The molecule has 0 spiro atoms. The maximum Gasteiger partial charge on any atom is 0.141 e. The Labute approximate surface area is 87.6 Å². The second-order valence-corrected chi connectivity index (χ2v) is 4.94. The molecule has 4 heteroatoms. The molecule has 0 radical (unpaired) electrons. The van der Waals surface area contributed by atoms with Crippen LogP contribution in [0.1, 0.15) is 25.5 Å². The lowest BCUT2D eigenvalue weighted by atomic mass is 10.2. The summed E-state index contributed by atoms with van der Waals surface area (Å²) in [5, 5.41) is 10.1. The molecule has 0 amide bonds. The van der Waals surface area contributed by atoms with E-state index in [1.165, 1.54) is 12.3 Å². The molecular formula is C10H14FNOS. The van der Waals surface area contributed by atoms with Crippen molar-refractivity contribution in [2.75, 3.05) is 5.75 Å². The smallest absolute Gasteiger partial charge is 0.141 e. The van der Waals surface area contributed by atoms with Gasteiger partial charge in [0.2, 0.25) is 0 Å². The number of hydrogen-bond donors (Lipinski definition) is 1. The van der Waals surface area contributed by atoms with Gasteiger partial charge in [0.1, 0.15) is 5.82 Å². The van der Waals surface area contributed by atoms with Crippen molar-refractivity contribution in [2.45, 2.75) is 25.2 Å². The van der Waals surface area contributed by atoms with Gasteiger partial charge in [-0.2, -0.15) is 11.8 Å². The summed E-state index contributed by atoms with van der Waals surface area (Å²) in [5.74, 6) is 0.166. The molecule has 14 heavy (non-hydrogen) atoms. The van der Waals surface area contributed by atoms with Crippen molar-refractivity contribution in [1.29, 1.82) is 0 Å². The van der Waals surface area contributed by atoms with Gasteiger partial charge in [0.15, 0.2) is 0 Å². The molecule has 0 aromatic carbocycles. The van der Waals surface area contributed by atoms with Crippen LogP contribution in [0.4, 0.5) is 4.39 Å². The normalized spacial score (nSPS) is 13.2. The van der Waals surface area contributed by atoms with E-state index in [0.29, 0.717) is 16.6 Å². The van der Waals surface area contributed by atoms with Crippen LogP contribution in [-0.4, -0.2) is 21.1 Å². The molecule has 78 valence electrons. The fourth-order valence-corrected chi connectivity index (χ4v) is 1.75. The highest BCUT2D eigenvalue weighted by atomic mass is 32.2. The van der Waals surface area contributed by atoms with Gasteiger partial charge in [-0.05, 0) is 11.3 Å². The second kappa shape index (κ2) is 5.32. The molecule has 0 aliphatic carbocycles. The molecule has 1 heterocycles. The molecule has 1 aromatic heterocycles. The van der Waals surface area contributed by atoms with Crippen molar-refractivity contribution in [3.8, 4) is 0 Å². The van der Waals surface area contributed by atoms with Gasteiger partial charge < -0.3 is 5.11 Å². The minimum Gasteiger partial charge on any atom is -0.387 e. The quantitative estimate of drug-likeness (QED) is 0.837. The summed E-state index contributed by atoms with van der Waals surface area (Å²) in [5.41, 5.74) is 0.540. The van der Waals surface area contributed by atoms with Crippen LogP contribution in [0.2, 0.25) is 0 Å². The Bertz CT molecular complexity index is 293. The summed E-state index contributed by atoms with van der Waals surface area (Å²) in [4.78, 5) is 3.69. The summed E-state index contributed by atoms with van der Waals surface area (Å²) in [6.45, 7) is 4.11. The van der Waals surface area contributed by atoms with Gasteiger partial charge in [0, 0.05) is 17.5 Å². The average Bonchev–Trinajstić information content (AvgIpc) is 2.14. The Balaban J connectivity index is 2.56. The van der Waals surface area contributed by atoms with Gasteiger partial charge in [0.25, 0.3) is 0 Å². The molecule has 0 bridgehead atoms. The zero-order valence-electron chi connectivity index (χ0n) is 8.27. The van der Waals surface area contributed by atoms with Crippen LogP contribution < -0.4 is 0 Å². The number of rotatable bonds is 4. The van der Waals surface area contributed by atoms with Gasteiger partial charge in [-0.25, -0.2) is 4.39 Å². The van der Waals surface area contributed by atoms with E-state index in [1.807, 2.05) is 0 Å². The van der Waals surface area contributed by atoms with E-state index >= 15 is 0 Å². The van der Waals surface area contributed by atoms with Crippen molar-refractivity contribution in [3.05, 3.63) is 29.8 Å². The van der Waals surface area contributed by atoms with Crippen molar-refractivity contribution in [1.82, 2.24) is 4.98 Å². The van der Waals surface area contributed by atoms with Crippen LogP contribution in [0, 0.1) is 5.82 Å². The molecule has 0 aliphatic rings. The number of aliphatic hydroxyl groups is 1. The lowest BCUT2D eigenvalue weighted by Crippen LogP contribution is -2.04. The van der Waals surface area contributed by atoms with Gasteiger partial charge in [0.05, 0.1) is 12.3 Å². The number of aliphatic hydroxyl groups excluding tert-OH is 1.